The van der Waals surface area contributed by atoms with E-state index in [1.165, 1.54) is 12.8 Å². The molecule has 1 heterocycles. The minimum absolute atomic E-state index is 0.113. The molecule has 0 saturated heterocycles. The van der Waals surface area contributed by atoms with Crippen LogP contribution in [0.3, 0.4) is 0 Å². The van der Waals surface area contributed by atoms with Gasteiger partial charge in [-0.1, -0.05) is 6.92 Å². The SMILES string of the molecule is CCC(=O)c1ccc(N(CC)CC2CC2)cn1. The summed E-state index contributed by atoms with van der Waals surface area (Å²) < 4.78 is 0. The van der Waals surface area contributed by atoms with E-state index in [0.717, 1.165) is 24.7 Å². The Labute approximate surface area is 103 Å². The predicted molar refractivity (Wildman–Crippen MR) is 69.5 cm³/mol. The molecule has 1 saturated carbocycles. The highest BCUT2D eigenvalue weighted by molar-refractivity contribution is 5.94. The number of rotatable bonds is 6. The van der Waals surface area contributed by atoms with Crippen LogP contribution in [0, 0.1) is 5.92 Å². The maximum absolute atomic E-state index is 11.5. The van der Waals surface area contributed by atoms with Crippen molar-refractivity contribution in [2.75, 3.05) is 18.0 Å². The minimum atomic E-state index is 0.113. The van der Waals surface area contributed by atoms with Gasteiger partial charge in [0.25, 0.3) is 0 Å². The number of aromatic nitrogens is 1. The Morgan fingerprint density at radius 3 is 2.65 bits per heavy atom. The summed E-state index contributed by atoms with van der Waals surface area (Å²) in [4.78, 5) is 18.1. The van der Waals surface area contributed by atoms with Crippen LogP contribution in [-0.4, -0.2) is 23.9 Å². The van der Waals surface area contributed by atoms with Gasteiger partial charge >= 0.3 is 0 Å². The standard InChI is InChI=1S/C14H20N2O/c1-3-14(17)13-8-7-12(9-15-13)16(4-2)10-11-5-6-11/h7-9,11H,3-6,10H2,1-2H3. The van der Waals surface area contributed by atoms with Crippen LogP contribution in [0.1, 0.15) is 43.6 Å². The lowest BCUT2D eigenvalue weighted by Gasteiger charge is -2.22. The molecule has 3 nitrogen and oxygen atoms in total. The Balaban J connectivity index is 2.06. The van der Waals surface area contributed by atoms with Gasteiger partial charge in [-0.25, -0.2) is 0 Å². The zero-order valence-electron chi connectivity index (χ0n) is 10.6. The fourth-order valence-corrected chi connectivity index (χ4v) is 1.95. The maximum Gasteiger partial charge on any atom is 0.180 e. The molecule has 0 bridgehead atoms. The van der Waals surface area contributed by atoms with Gasteiger partial charge < -0.3 is 4.90 Å². The highest BCUT2D eigenvalue weighted by Crippen LogP contribution is 2.31. The molecule has 0 unspecified atom stereocenters. The Hall–Kier alpha value is -1.38. The molecule has 0 N–H and O–H groups in total. The second-order valence-electron chi connectivity index (χ2n) is 4.66. The van der Waals surface area contributed by atoms with Gasteiger partial charge in [0.1, 0.15) is 5.69 Å². The van der Waals surface area contributed by atoms with E-state index < -0.39 is 0 Å². The van der Waals surface area contributed by atoms with Gasteiger partial charge in [-0.2, -0.15) is 0 Å². The summed E-state index contributed by atoms with van der Waals surface area (Å²) in [5.74, 6) is 0.980. The maximum atomic E-state index is 11.5. The number of hydrogen-bond acceptors (Lipinski definition) is 3. The number of anilines is 1. The molecule has 1 aromatic rings. The number of hydrogen-bond donors (Lipinski definition) is 0. The quantitative estimate of drug-likeness (QED) is 0.707. The Morgan fingerprint density at radius 2 is 2.18 bits per heavy atom. The number of carbonyl (C=O) groups excluding carboxylic acids is 1. The van der Waals surface area contributed by atoms with Gasteiger partial charge in [0.2, 0.25) is 0 Å². The number of Topliss-reactive ketones (excluding diaryl/α,β-unsaturated/α-hetero) is 1. The molecule has 1 aromatic heterocycles. The third kappa shape index (κ3) is 3.05. The van der Waals surface area contributed by atoms with Gasteiger partial charge in [0.15, 0.2) is 5.78 Å². The van der Waals surface area contributed by atoms with E-state index in [0.29, 0.717) is 12.1 Å². The Morgan fingerprint density at radius 1 is 1.41 bits per heavy atom. The zero-order valence-corrected chi connectivity index (χ0v) is 10.6. The first-order chi connectivity index (χ1) is 8.24. The van der Waals surface area contributed by atoms with Crippen molar-refractivity contribution in [1.82, 2.24) is 4.98 Å². The van der Waals surface area contributed by atoms with E-state index in [9.17, 15) is 4.79 Å². The van der Waals surface area contributed by atoms with Crippen molar-refractivity contribution in [1.29, 1.82) is 0 Å². The van der Waals surface area contributed by atoms with Gasteiger partial charge in [-0.3, -0.25) is 9.78 Å². The second-order valence-corrected chi connectivity index (χ2v) is 4.66. The molecule has 3 heteroatoms. The first-order valence-corrected chi connectivity index (χ1v) is 6.48. The van der Waals surface area contributed by atoms with Crippen LogP contribution in [0.2, 0.25) is 0 Å². The van der Waals surface area contributed by atoms with Crippen LogP contribution in [0.15, 0.2) is 18.3 Å². The number of ketones is 1. The molecular formula is C14H20N2O. The Bertz CT molecular complexity index is 382. The third-order valence-corrected chi connectivity index (χ3v) is 3.28. The fourth-order valence-electron chi connectivity index (χ4n) is 1.95. The molecule has 2 rings (SSSR count). The molecule has 0 atom stereocenters. The molecule has 0 amide bonds. The van der Waals surface area contributed by atoms with Crippen LogP contribution in [-0.2, 0) is 0 Å². The van der Waals surface area contributed by atoms with Crippen molar-refractivity contribution in [2.24, 2.45) is 5.92 Å². The number of nitrogens with zero attached hydrogens (tertiary/aromatic N) is 2. The molecule has 0 aromatic carbocycles. The van der Waals surface area contributed by atoms with E-state index in [1.54, 1.807) is 0 Å². The molecule has 1 aliphatic carbocycles. The highest BCUT2D eigenvalue weighted by atomic mass is 16.1. The average Bonchev–Trinajstić information content (AvgIpc) is 3.19. The van der Waals surface area contributed by atoms with E-state index in [1.807, 2.05) is 25.3 Å². The monoisotopic (exact) mass is 232 g/mol. The second kappa shape index (κ2) is 5.30. The summed E-state index contributed by atoms with van der Waals surface area (Å²) >= 11 is 0. The highest BCUT2D eigenvalue weighted by Gasteiger charge is 2.24. The van der Waals surface area contributed by atoms with Gasteiger partial charge in [-0.15, -0.1) is 0 Å². The van der Waals surface area contributed by atoms with Crippen molar-refractivity contribution in [3.63, 3.8) is 0 Å². The van der Waals surface area contributed by atoms with Crippen molar-refractivity contribution >= 4 is 11.5 Å². The van der Waals surface area contributed by atoms with Crippen LogP contribution < -0.4 is 4.90 Å². The fraction of sp³-hybridized carbons (Fsp3) is 0.571. The Kier molecular flexibility index (Phi) is 3.77. The van der Waals surface area contributed by atoms with Crippen molar-refractivity contribution < 1.29 is 4.79 Å². The molecule has 0 aliphatic heterocycles. The summed E-state index contributed by atoms with van der Waals surface area (Å²) in [6.45, 7) is 6.15. The largest absolute Gasteiger partial charge is 0.370 e. The van der Waals surface area contributed by atoms with Crippen LogP contribution in [0.5, 0.6) is 0 Å². The molecule has 1 fully saturated rings. The zero-order chi connectivity index (χ0) is 12.3. The molecular weight excluding hydrogens is 212 g/mol. The summed E-state index contributed by atoms with van der Waals surface area (Å²) in [7, 11) is 0. The normalized spacial score (nSPS) is 14.7. The predicted octanol–water partition coefficient (Wildman–Crippen LogP) is 2.91. The van der Waals surface area contributed by atoms with Crippen molar-refractivity contribution in [3.05, 3.63) is 24.0 Å². The van der Waals surface area contributed by atoms with Gasteiger partial charge in [0, 0.05) is 19.5 Å². The van der Waals surface area contributed by atoms with Crippen LogP contribution in [0.4, 0.5) is 5.69 Å². The third-order valence-electron chi connectivity index (χ3n) is 3.28. The smallest absolute Gasteiger partial charge is 0.180 e. The van der Waals surface area contributed by atoms with Gasteiger partial charge in [-0.05, 0) is 37.8 Å². The van der Waals surface area contributed by atoms with Gasteiger partial charge in [0.05, 0.1) is 11.9 Å². The van der Waals surface area contributed by atoms with Crippen molar-refractivity contribution in [2.45, 2.75) is 33.1 Å². The summed E-state index contributed by atoms with van der Waals surface area (Å²) in [6, 6.07) is 3.86. The molecule has 92 valence electrons. The van der Waals surface area contributed by atoms with Crippen LogP contribution in [0.25, 0.3) is 0 Å². The number of carbonyl (C=O) groups is 1. The molecule has 1 aliphatic rings. The summed E-state index contributed by atoms with van der Waals surface area (Å²) in [6.07, 6.45) is 5.06. The van der Waals surface area contributed by atoms with Crippen molar-refractivity contribution in [3.8, 4) is 0 Å². The van der Waals surface area contributed by atoms with E-state index in [-0.39, 0.29) is 5.78 Å². The lowest BCUT2D eigenvalue weighted by Crippen LogP contribution is -2.25. The lowest BCUT2D eigenvalue weighted by molar-refractivity contribution is 0.0983. The number of pyridine rings is 1. The average molecular weight is 232 g/mol. The lowest BCUT2D eigenvalue weighted by atomic mass is 10.2. The summed E-state index contributed by atoms with van der Waals surface area (Å²) in [5, 5.41) is 0. The summed E-state index contributed by atoms with van der Waals surface area (Å²) in [5.41, 5.74) is 1.71. The van der Waals surface area contributed by atoms with Crippen LogP contribution >= 0.6 is 0 Å². The van der Waals surface area contributed by atoms with E-state index >= 15 is 0 Å². The molecule has 17 heavy (non-hydrogen) atoms. The topological polar surface area (TPSA) is 33.2 Å². The van der Waals surface area contributed by atoms with E-state index in [4.69, 9.17) is 0 Å². The molecule has 0 spiro atoms. The first kappa shape index (κ1) is 12.1. The molecule has 0 radical (unpaired) electrons. The minimum Gasteiger partial charge on any atom is -0.370 e. The first-order valence-electron chi connectivity index (χ1n) is 6.48. The van der Waals surface area contributed by atoms with E-state index in [2.05, 4.69) is 16.8 Å².